The maximum absolute atomic E-state index is 13.2. The molecule has 1 aromatic carbocycles. The topological polar surface area (TPSA) is 75.4 Å². The van der Waals surface area contributed by atoms with Crippen molar-refractivity contribution in [2.24, 2.45) is 5.92 Å². The lowest BCUT2D eigenvalue weighted by atomic mass is 9.95. The maximum Gasteiger partial charge on any atom is 0.256 e. The van der Waals surface area contributed by atoms with E-state index in [4.69, 9.17) is 5.73 Å². The Morgan fingerprint density at radius 1 is 1.35 bits per heavy atom. The molecule has 2 amide bonds. The molecule has 6 heteroatoms. The summed E-state index contributed by atoms with van der Waals surface area (Å²) in [6.45, 7) is 0.958. The van der Waals surface area contributed by atoms with Crippen LogP contribution in [0.5, 0.6) is 0 Å². The Kier molecular flexibility index (Phi) is 4.22. The van der Waals surface area contributed by atoms with Crippen molar-refractivity contribution in [2.45, 2.75) is 12.8 Å². The molecule has 0 spiro atoms. The number of hydrogen-bond donors (Lipinski definition) is 2. The van der Waals surface area contributed by atoms with Crippen molar-refractivity contribution in [3.05, 3.63) is 29.6 Å². The van der Waals surface area contributed by atoms with Gasteiger partial charge in [0.15, 0.2) is 0 Å². The van der Waals surface area contributed by atoms with Crippen LogP contribution < -0.4 is 11.1 Å². The third-order valence-electron chi connectivity index (χ3n) is 3.65. The zero-order chi connectivity index (χ0) is 14.7. The summed E-state index contributed by atoms with van der Waals surface area (Å²) in [6.07, 6.45) is 1.22. The van der Waals surface area contributed by atoms with Gasteiger partial charge >= 0.3 is 0 Å². The molecule has 0 saturated carbocycles. The van der Waals surface area contributed by atoms with E-state index in [1.165, 1.54) is 12.1 Å². The van der Waals surface area contributed by atoms with Gasteiger partial charge in [-0.2, -0.15) is 0 Å². The lowest BCUT2D eigenvalue weighted by Gasteiger charge is -2.31. The van der Waals surface area contributed by atoms with Gasteiger partial charge in [0.2, 0.25) is 5.91 Å². The minimum absolute atomic E-state index is 0.00219. The zero-order valence-corrected chi connectivity index (χ0v) is 11.4. The lowest BCUT2D eigenvalue weighted by Crippen LogP contribution is -2.42. The van der Waals surface area contributed by atoms with Gasteiger partial charge in [0.05, 0.1) is 5.56 Å². The maximum atomic E-state index is 13.2. The van der Waals surface area contributed by atoms with Crippen molar-refractivity contribution in [1.82, 2.24) is 10.2 Å². The van der Waals surface area contributed by atoms with Crippen LogP contribution in [0.3, 0.4) is 0 Å². The molecule has 0 unspecified atom stereocenters. The number of hydrogen-bond acceptors (Lipinski definition) is 3. The van der Waals surface area contributed by atoms with Gasteiger partial charge in [-0.25, -0.2) is 4.39 Å². The van der Waals surface area contributed by atoms with Crippen molar-refractivity contribution in [3.8, 4) is 0 Å². The quantitative estimate of drug-likeness (QED) is 0.793. The van der Waals surface area contributed by atoms with E-state index >= 15 is 0 Å². The molecule has 5 nitrogen and oxygen atoms in total. The van der Waals surface area contributed by atoms with Crippen molar-refractivity contribution in [3.63, 3.8) is 0 Å². The number of nitrogens with one attached hydrogen (secondary N) is 1. The van der Waals surface area contributed by atoms with E-state index in [9.17, 15) is 14.0 Å². The second-order valence-corrected chi connectivity index (χ2v) is 4.91. The zero-order valence-electron chi connectivity index (χ0n) is 11.4. The average Bonchev–Trinajstić information content (AvgIpc) is 2.48. The van der Waals surface area contributed by atoms with E-state index in [0.29, 0.717) is 25.9 Å². The first-order valence-corrected chi connectivity index (χ1v) is 6.59. The number of nitrogens with zero attached hydrogens (tertiary/aromatic N) is 1. The second-order valence-electron chi connectivity index (χ2n) is 4.91. The molecule has 1 aliphatic rings. The molecule has 0 atom stereocenters. The van der Waals surface area contributed by atoms with E-state index in [1.54, 1.807) is 11.9 Å². The fourth-order valence-corrected chi connectivity index (χ4v) is 2.43. The first-order chi connectivity index (χ1) is 9.52. The smallest absolute Gasteiger partial charge is 0.256 e. The largest absolute Gasteiger partial charge is 0.398 e. The summed E-state index contributed by atoms with van der Waals surface area (Å²) >= 11 is 0. The van der Waals surface area contributed by atoms with Crippen molar-refractivity contribution >= 4 is 17.5 Å². The van der Waals surface area contributed by atoms with Gasteiger partial charge in [-0.3, -0.25) is 9.59 Å². The fourth-order valence-electron chi connectivity index (χ4n) is 2.43. The van der Waals surface area contributed by atoms with Crippen LogP contribution in [0, 0.1) is 11.7 Å². The molecule has 3 N–H and O–H groups in total. The second kappa shape index (κ2) is 5.90. The summed E-state index contributed by atoms with van der Waals surface area (Å²) in [5, 5.41) is 2.62. The highest BCUT2D eigenvalue weighted by molar-refractivity contribution is 5.99. The third-order valence-corrected chi connectivity index (χ3v) is 3.65. The molecule has 108 valence electrons. The molecule has 1 aliphatic heterocycles. The number of benzene rings is 1. The molecule has 0 bridgehead atoms. The van der Waals surface area contributed by atoms with E-state index in [0.717, 1.165) is 6.07 Å². The molecular weight excluding hydrogens is 261 g/mol. The number of likely N-dealkylation sites (tertiary alicyclic amines) is 1. The molecule has 2 rings (SSSR count). The lowest BCUT2D eigenvalue weighted by molar-refractivity contribution is -0.125. The minimum atomic E-state index is -0.484. The minimum Gasteiger partial charge on any atom is -0.398 e. The van der Waals surface area contributed by atoms with Gasteiger partial charge in [0.25, 0.3) is 5.91 Å². The highest BCUT2D eigenvalue weighted by Gasteiger charge is 2.28. The normalized spacial score (nSPS) is 16.0. The summed E-state index contributed by atoms with van der Waals surface area (Å²) in [5.41, 5.74) is 6.17. The van der Waals surface area contributed by atoms with Crippen molar-refractivity contribution < 1.29 is 14.0 Å². The summed E-state index contributed by atoms with van der Waals surface area (Å²) in [7, 11) is 1.60. The first-order valence-electron chi connectivity index (χ1n) is 6.59. The SMILES string of the molecule is CNC(=O)C1CCN(C(=O)c2cc(F)ccc2N)CC1. The Balaban J connectivity index is 2.05. The van der Waals surface area contributed by atoms with Crippen molar-refractivity contribution in [2.75, 3.05) is 25.9 Å². The van der Waals surface area contributed by atoms with Crippen LogP contribution in [0.2, 0.25) is 0 Å². The van der Waals surface area contributed by atoms with Crippen LogP contribution in [0.25, 0.3) is 0 Å². The van der Waals surface area contributed by atoms with E-state index in [1.807, 2.05) is 0 Å². The number of piperidine rings is 1. The van der Waals surface area contributed by atoms with Crippen LogP contribution in [0.4, 0.5) is 10.1 Å². The summed E-state index contributed by atoms with van der Waals surface area (Å²) < 4.78 is 13.2. The Labute approximate surface area is 116 Å². The molecule has 0 radical (unpaired) electrons. The predicted molar refractivity (Wildman–Crippen MR) is 73.5 cm³/mol. The van der Waals surface area contributed by atoms with Crippen LogP contribution >= 0.6 is 0 Å². The molecule has 1 fully saturated rings. The fraction of sp³-hybridized carbons (Fsp3) is 0.429. The number of nitrogens with two attached hydrogens (primary N) is 1. The molecule has 1 saturated heterocycles. The van der Waals surface area contributed by atoms with Gasteiger partial charge in [-0.05, 0) is 31.0 Å². The number of carbonyl (C=O) groups excluding carboxylic acids is 2. The molecule has 0 aliphatic carbocycles. The molecule has 20 heavy (non-hydrogen) atoms. The average molecular weight is 279 g/mol. The van der Waals surface area contributed by atoms with E-state index in [2.05, 4.69) is 5.32 Å². The highest BCUT2D eigenvalue weighted by Crippen LogP contribution is 2.21. The van der Waals surface area contributed by atoms with Crippen molar-refractivity contribution in [1.29, 1.82) is 0 Å². The van der Waals surface area contributed by atoms with E-state index in [-0.39, 0.29) is 29.0 Å². The monoisotopic (exact) mass is 279 g/mol. The molecule has 1 aromatic rings. The number of amides is 2. The number of carbonyl (C=O) groups is 2. The summed E-state index contributed by atoms with van der Waals surface area (Å²) in [4.78, 5) is 25.4. The Morgan fingerprint density at radius 2 is 2.00 bits per heavy atom. The van der Waals surface area contributed by atoms with Gasteiger partial charge in [0.1, 0.15) is 5.82 Å². The number of anilines is 1. The van der Waals surface area contributed by atoms with Crippen LogP contribution in [0.1, 0.15) is 23.2 Å². The number of nitrogen functional groups attached to an aromatic ring is 1. The highest BCUT2D eigenvalue weighted by atomic mass is 19.1. The number of halogens is 1. The van der Waals surface area contributed by atoms with Gasteiger partial charge < -0.3 is 16.0 Å². The Bertz CT molecular complexity index is 525. The standard InChI is InChI=1S/C14H18FN3O2/c1-17-13(19)9-4-6-18(7-5-9)14(20)11-8-10(15)2-3-12(11)16/h2-3,8-9H,4-7,16H2,1H3,(H,17,19). The third kappa shape index (κ3) is 2.89. The molecule has 1 heterocycles. The predicted octanol–water partition coefficient (Wildman–Crippen LogP) is 1.01. The first kappa shape index (κ1) is 14.3. The molecular formula is C14H18FN3O2. The van der Waals surface area contributed by atoms with Crippen LogP contribution in [-0.2, 0) is 4.79 Å². The van der Waals surface area contributed by atoms with Gasteiger partial charge in [-0.1, -0.05) is 0 Å². The van der Waals surface area contributed by atoms with E-state index < -0.39 is 5.82 Å². The van der Waals surface area contributed by atoms with Gasteiger partial charge in [-0.15, -0.1) is 0 Å². The van der Waals surface area contributed by atoms with Gasteiger partial charge in [0, 0.05) is 31.7 Å². The number of rotatable bonds is 2. The summed E-state index contributed by atoms with van der Waals surface area (Å²) in [6, 6.07) is 3.77. The Hall–Kier alpha value is -2.11. The molecule has 0 aromatic heterocycles. The van der Waals surface area contributed by atoms with Crippen LogP contribution in [0.15, 0.2) is 18.2 Å². The Morgan fingerprint density at radius 3 is 2.60 bits per heavy atom. The summed E-state index contributed by atoms with van der Waals surface area (Å²) in [5.74, 6) is -0.823. The van der Waals surface area contributed by atoms with Crippen LogP contribution in [-0.4, -0.2) is 36.9 Å².